The molecule has 0 unspecified atom stereocenters. The number of fused-ring (bicyclic) bond motifs is 1. The van der Waals surface area contributed by atoms with Crippen molar-refractivity contribution in [1.82, 2.24) is 19.8 Å². The van der Waals surface area contributed by atoms with E-state index in [4.69, 9.17) is 4.74 Å². The minimum absolute atomic E-state index is 0.0936. The van der Waals surface area contributed by atoms with E-state index in [2.05, 4.69) is 21.9 Å². The molecule has 0 N–H and O–H groups in total. The first kappa shape index (κ1) is 15.2. The highest BCUT2D eigenvalue weighted by atomic mass is 32.1. The van der Waals surface area contributed by atoms with Gasteiger partial charge in [0, 0.05) is 26.2 Å². The van der Waals surface area contributed by atoms with Crippen molar-refractivity contribution >= 4 is 27.5 Å². The molecule has 1 aliphatic rings. The molecule has 3 rings (SSSR count). The van der Waals surface area contributed by atoms with Gasteiger partial charge in [0.1, 0.15) is 11.2 Å². The first-order valence-electron chi connectivity index (χ1n) is 7.46. The van der Waals surface area contributed by atoms with Crippen molar-refractivity contribution in [3.05, 3.63) is 16.8 Å². The predicted octanol–water partition coefficient (Wildman–Crippen LogP) is 1.79. The van der Waals surface area contributed by atoms with Gasteiger partial charge in [-0.2, -0.15) is 0 Å². The van der Waals surface area contributed by atoms with Gasteiger partial charge in [-0.25, -0.2) is 9.97 Å². The van der Waals surface area contributed by atoms with Gasteiger partial charge in [0.15, 0.2) is 0 Å². The third-order valence-corrected chi connectivity index (χ3v) is 5.15. The summed E-state index contributed by atoms with van der Waals surface area (Å²) in [5.41, 5.74) is 0.924. The molecule has 2 aromatic heterocycles. The van der Waals surface area contributed by atoms with E-state index in [1.54, 1.807) is 0 Å². The van der Waals surface area contributed by atoms with E-state index >= 15 is 0 Å². The molecule has 7 heteroatoms. The average molecular weight is 320 g/mol. The second-order valence-corrected chi connectivity index (χ2v) is 6.44. The summed E-state index contributed by atoms with van der Waals surface area (Å²) in [5.74, 6) is 0.662. The van der Waals surface area contributed by atoms with E-state index in [-0.39, 0.29) is 5.91 Å². The van der Waals surface area contributed by atoms with Gasteiger partial charge >= 0.3 is 0 Å². The van der Waals surface area contributed by atoms with Gasteiger partial charge in [-0.1, -0.05) is 0 Å². The molecule has 1 amide bonds. The summed E-state index contributed by atoms with van der Waals surface area (Å²) in [6.45, 7) is 7.79. The summed E-state index contributed by atoms with van der Waals surface area (Å²) in [6.07, 6.45) is 1.49. The molecule has 0 aromatic carbocycles. The molecule has 3 heterocycles. The van der Waals surface area contributed by atoms with Gasteiger partial charge < -0.3 is 14.5 Å². The van der Waals surface area contributed by atoms with Crippen LogP contribution in [0.15, 0.2) is 6.33 Å². The number of carbonyl (C=O) groups is 1. The maximum absolute atomic E-state index is 12.8. The van der Waals surface area contributed by atoms with Crippen LogP contribution in [0.4, 0.5) is 0 Å². The Hall–Kier alpha value is -1.73. The van der Waals surface area contributed by atoms with Crippen LogP contribution in [0.5, 0.6) is 5.88 Å². The number of ether oxygens (including phenoxy) is 1. The van der Waals surface area contributed by atoms with Crippen molar-refractivity contribution < 1.29 is 9.53 Å². The number of thiophene rings is 1. The highest BCUT2D eigenvalue weighted by Crippen LogP contribution is 2.35. The van der Waals surface area contributed by atoms with Gasteiger partial charge in [-0.3, -0.25) is 4.79 Å². The number of nitrogens with zero attached hydrogens (tertiary/aromatic N) is 4. The normalized spacial score (nSPS) is 16.2. The summed E-state index contributed by atoms with van der Waals surface area (Å²) in [5, 5.41) is 0.867. The highest BCUT2D eigenvalue weighted by Gasteiger charge is 2.25. The fraction of sp³-hybridized carbons (Fsp3) is 0.533. The van der Waals surface area contributed by atoms with E-state index in [1.807, 2.05) is 18.7 Å². The molecular formula is C15H20N4O2S. The van der Waals surface area contributed by atoms with Crippen LogP contribution in [-0.4, -0.2) is 65.5 Å². The number of aryl methyl sites for hydroxylation is 1. The predicted molar refractivity (Wildman–Crippen MR) is 86.7 cm³/mol. The van der Waals surface area contributed by atoms with Crippen LogP contribution < -0.4 is 4.74 Å². The Kier molecular flexibility index (Phi) is 4.26. The van der Waals surface area contributed by atoms with Crippen molar-refractivity contribution in [3.8, 4) is 5.88 Å². The summed E-state index contributed by atoms with van der Waals surface area (Å²) in [7, 11) is 2.08. The van der Waals surface area contributed by atoms with Crippen molar-refractivity contribution in [2.45, 2.75) is 13.8 Å². The van der Waals surface area contributed by atoms with Gasteiger partial charge in [0.25, 0.3) is 5.91 Å². The van der Waals surface area contributed by atoms with Crippen molar-refractivity contribution in [3.63, 3.8) is 0 Å². The summed E-state index contributed by atoms with van der Waals surface area (Å²) < 4.78 is 5.58. The smallest absolute Gasteiger partial charge is 0.264 e. The quantitative estimate of drug-likeness (QED) is 0.863. The van der Waals surface area contributed by atoms with Crippen molar-refractivity contribution in [2.75, 3.05) is 39.8 Å². The maximum Gasteiger partial charge on any atom is 0.264 e. The van der Waals surface area contributed by atoms with Crippen molar-refractivity contribution in [1.29, 1.82) is 0 Å². The fourth-order valence-electron chi connectivity index (χ4n) is 2.64. The zero-order valence-corrected chi connectivity index (χ0v) is 13.9. The minimum Gasteiger partial charge on any atom is -0.477 e. The molecule has 1 saturated heterocycles. The number of piperazine rings is 1. The SMILES string of the molecule is CCOc1ncnc2sc(C(=O)N3CCN(C)CC3)c(C)c12. The van der Waals surface area contributed by atoms with E-state index < -0.39 is 0 Å². The number of rotatable bonds is 3. The molecule has 0 atom stereocenters. The van der Waals surface area contributed by atoms with E-state index in [9.17, 15) is 4.79 Å². The Morgan fingerprint density at radius 2 is 2.05 bits per heavy atom. The lowest BCUT2D eigenvalue weighted by molar-refractivity contribution is 0.0668. The third kappa shape index (κ3) is 2.66. The molecule has 0 aliphatic carbocycles. The van der Waals surface area contributed by atoms with Crippen LogP contribution >= 0.6 is 11.3 Å². The summed E-state index contributed by atoms with van der Waals surface area (Å²) in [6, 6.07) is 0. The zero-order chi connectivity index (χ0) is 15.7. The summed E-state index contributed by atoms with van der Waals surface area (Å²) in [4.78, 5) is 27.0. The second kappa shape index (κ2) is 6.18. The maximum atomic E-state index is 12.8. The fourth-order valence-corrected chi connectivity index (χ4v) is 3.75. The first-order valence-corrected chi connectivity index (χ1v) is 8.28. The molecule has 6 nitrogen and oxygen atoms in total. The number of hydrogen-bond acceptors (Lipinski definition) is 6. The lowest BCUT2D eigenvalue weighted by Gasteiger charge is -2.32. The lowest BCUT2D eigenvalue weighted by Crippen LogP contribution is -2.47. The summed E-state index contributed by atoms with van der Waals surface area (Å²) >= 11 is 1.43. The third-order valence-electron chi connectivity index (χ3n) is 3.96. The molecule has 118 valence electrons. The second-order valence-electron chi connectivity index (χ2n) is 5.44. The largest absolute Gasteiger partial charge is 0.477 e. The number of carbonyl (C=O) groups excluding carboxylic acids is 1. The first-order chi connectivity index (χ1) is 10.6. The van der Waals surface area contributed by atoms with Crippen molar-refractivity contribution in [2.24, 2.45) is 0 Å². The number of aromatic nitrogens is 2. The molecular weight excluding hydrogens is 300 g/mol. The van der Waals surface area contributed by atoms with Crippen LogP contribution in [0.1, 0.15) is 22.2 Å². The monoisotopic (exact) mass is 320 g/mol. The standard InChI is InChI=1S/C15H20N4O2S/c1-4-21-13-11-10(2)12(22-14(11)17-9-16-13)15(20)19-7-5-18(3)6-8-19/h9H,4-8H2,1-3H3. The Labute approximate surface area is 133 Å². The van der Waals surface area contributed by atoms with E-state index in [1.165, 1.54) is 17.7 Å². The van der Waals surface area contributed by atoms with Crippen LogP contribution in [-0.2, 0) is 0 Å². The molecule has 0 spiro atoms. The lowest BCUT2D eigenvalue weighted by atomic mass is 10.2. The molecule has 1 fully saturated rings. The average Bonchev–Trinajstić information content (AvgIpc) is 2.86. The van der Waals surface area contributed by atoms with Gasteiger partial charge in [-0.05, 0) is 26.5 Å². The molecule has 22 heavy (non-hydrogen) atoms. The molecule has 0 saturated carbocycles. The van der Waals surface area contributed by atoms with Gasteiger partial charge in [0.05, 0.1) is 16.9 Å². The zero-order valence-electron chi connectivity index (χ0n) is 13.1. The Morgan fingerprint density at radius 3 is 2.73 bits per heavy atom. The number of amides is 1. The Bertz CT molecular complexity index is 692. The topological polar surface area (TPSA) is 58.6 Å². The van der Waals surface area contributed by atoms with E-state index in [0.717, 1.165) is 46.8 Å². The number of hydrogen-bond donors (Lipinski definition) is 0. The molecule has 0 bridgehead atoms. The number of likely N-dealkylation sites (N-methyl/N-ethyl adjacent to an activating group) is 1. The van der Waals surface area contributed by atoms with Crippen LogP contribution in [0.3, 0.4) is 0 Å². The van der Waals surface area contributed by atoms with Crippen LogP contribution in [0, 0.1) is 6.92 Å². The van der Waals surface area contributed by atoms with Crippen LogP contribution in [0.2, 0.25) is 0 Å². The molecule has 0 radical (unpaired) electrons. The minimum atomic E-state index is 0.0936. The Balaban J connectivity index is 1.95. The molecule has 2 aromatic rings. The highest BCUT2D eigenvalue weighted by molar-refractivity contribution is 7.20. The Morgan fingerprint density at radius 1 is 1.32 bits per heavy atom. The van der Waals surface area contributed by atoms with Gasteiger partial charge in [0.2, 0.25) is 5.88 Å². The van der Waals surface area contributed by atoms with Crippen LogP contribution in [0.25, 0.3) is 10.2 Å². The molecule has 1 aliphatic heterocycles. The van der Waals surface area contributed by atoms with Gasteiger partial charge in [-0.15, -0.1) is 11.3 Å². The van der Waals surface area contributed by atoms with E-state index in [0.29, 0.717) is 12.5 Å².